The highest BCUT2D eigenvalue weighted by Gasteiger charge is 2.28. The van der Waals surface area contributed by atoms with Gasteiger partial charge in [0, 0.05) is 42.2 Å². The number of hydrogen-bond donors (Lipinski definition) is 2. The van der Waals surface area contributed by atoms with Crippen LogP contribution in [0.15, 0.2) is 77.3 Å². The van der Waals surface area contributed by atoms with Crippen molar-refractivity contribution in [2.24, 2.45) is 0 Å². The maximum absolute atomic E-state index is 13.4. The Morgan fingerprint density at radius 2 is 1.81 bits per heavy atom. The third-order valence-electron chi connectivity index (χ3n) is 8.89. The van der Waals surface area contributed by atoms with Gasteiger partial charge in [-0.15, -0.1) is 0 Å². The first kappa shape index (κ1) is 36.0. The van der Waals surface area contributed by atoms with Crippen LogP contribution in [0.4, 0.5) is 16.2 Å². The molecule has 54 heavy (non-hydrogen) atoms. The third kappa shape index (κ3) is 7.42. The van der Waals surface area contributed by atoms with E-state index < -0.39 is 17.6 Å². The lowest BCUT2D eigenvalue weighted by atomic mass is 9.96. The Hall–Kier alpha value is -6.39. The van der Waals surface area contributed by atoms with Crippen LogP contribution in [0, 0.1) is 18.3 Å². The number of oxazole rings is 1. The molecule has 3 aromatic heterocycles. The molecule has 2 amide bonds. The molecule has 7 rings (SSSR count). The van der Waals surface area contributed by atoms with Crippen LogP contribution in [-0.2, 0) is 24.4 Å². The molecule has 13 nitrogen and oxygen atoms in total. The molecule has 0 saturated carbocycles. The van der Waals surface area contributed by atoms with Gasteiger partial charge in [0.15, 0.2) is 11.3 Å². The number of amides is 2. The SMILES string of the molecule is COc1cc(NCc2cc(C#N)c3oc(-c4cccc(-c5cccc(NC(=O)c6cc7n(n6)CCN(C(=O)OC(C)(C)C)C7)c5Cl)c4C)nc3c2)ccn1. The number of carbonyl (C=O) groups is 2. The molecule has 1 aliphatic rings. The van der Waals surface area contributed by atoms with E-state index in [4.69, 9.17) is 30.5 Å². The van der Waals surface area contributed by atoms with E-state index in [1.165, 1.54) is 0 Å². The van der Waals surface area contributed by atoms with Crippen molar-refractivity contribution >= 4 is 46.1 Å². The van der Waals surface area contributed by atoms with Gasteiger partial charge in [-0.2, -0.15) is 10.4 Å². The number of carbonyl (C=O) groups excluding carboxylic acids is 2. The predicted molar refractivity (Wildman–Crippen MR) is 204 cm³/mol. The molecule has 2 N–H and O–H groups in total. The molecule has 0 fully saturated rings. The molecule has 1 aliphatic heterocycles. The average molecular weight is 745 g/mol. The fraction of sp³-hybridized carbons (Fsp3) is 0.250. The van der Waals surface area contributed by atoms with Crippen molar-refractivity contribution in [3.8, 4) is 34.5 Å². The van der Waals surface area contributed by atoms with E-state index in [1.807, 2.05) is 70.2 Å². The van der Waals surface area contributed by atoms with E-state index in [0.29, 0.717) is 64.3 Å². The number of halogens is 1. The Morgan fingerprint density at radius 3 is 2.59 bits per heavy atom. The summed E-state index contributed by atoms with van der Waals surface area (Å²) in [6.45, 7) is 8.98. The first-order valence-corrected chi connectivity index (χ1v) is 17.6. The van der Waals surface area contributed by atoms with Crippen LogP contribution in [0.2, 0.25) is 5.02 Å². The topological polar surface area (TPSA) is 160 Å². The summed E-state index contributed by atoms with van der Waals surface area (Å²) in [6.07, 6.45) is 1.25. The van der Waals surface area contributed by atoms with Gasteiger partial charge in [0.05, 0.1) is 42.2 Å². The fourth-order valence-electron chi connectivity index (χ4n) is 6.27. The normalized spacial score (nSPS) is 12.6. The number of anilines is 2. The number of benzene rings is 3. The summed E-state index contributed by atoms with van der Waals surface area (Å²) < 4.78 is 18.7. The maximum Gasteiger partial charge on any atom is 0.410 e. The highest BCUT2D eigenvalue weighted by molar-refractivity contribution is 6.36. The molecule has 14 heteroatoms. The Kier molecular flexibility index (Phi) is 9.70. The summed E-state index contributed by atoms with van der Waals surface area (Å²) in [5.41, 5.74) is 6.82. The van der Waals surface area contributed by atoms with E-state index in [9.17, 15) is 14.9 Å². The molecule has 0 bridgehead atoms. The van der Waals surface area contributed by atoms with Crippen LogP contribution < -0.4 is 15.4 Å². The van der Waals surface area contributed by atoms with Crippen LogP contribution in [0.25, 0.3) is 33.7 Å². The Balaban J connectivity index is 1.11. The number of methoxy groups -OCH3 is 1. The Labute approximate surface area is 316 Å². The van der Waals surface area contributed by atoms with Crippen molar-refractivity contribution in [1.82, 2.24) is 24.6 Å². The zero-order valence-corrected chi connectivity index (χ0v) is 31.1. The first-order valence-electron chi connectivity index (χ1n) is 17.2. The first-order chi connectivity index (χ1) is 25.9. The second kappa shape index (κ2) is 14.6. The standard InChI is InChI=1S/C40H37ClN8O5/c1-23-28(8-6-9-29(23)38-46-32-17-24(16-25(20-42)36(32)53-38)21-44-26-12-13-43-34(18-26)52-5)30-10-7-11-31(35(30)41)45-37(50)33-19-27-22-48(14-15-49(27)47-33)39(51)54-40(2,3)4/h6-13,16-19H,14-15,21-22H2,1-5H3,(H,43,44)(H,45,50). The highest BCUT2D eigenvalue weighted by atomic mass is 35.5. The minimum absolute atomic E-state index is 0.208. The van der Waals surface area contributed by atoms with Gasteiger partial charge in [-0.05, 0) is 80.8 Å². The number of hydrogen-bond acceptors (Lipinski definition) is 10. The zero-order valence-electron chi connectivity index (χ0n) is 30.4. The van der Waals surface area contributed by atoms with Crippen LogP contribution in [0.3, 0.4) is 0 Å². The number of nitrogens with one attached hydrogen (secondary N) is 2. The molecule has 3 aromatic carbocycles. The molecule has 0 aliphatic carbocycles. The molecule has 4 heterocycles. The minimum Gasteiger partial charge on any atom is -0.481 e. The largest absolute Gasteiger partial charge is 0.481 e. The second-order valence-electron chi connectivity index (χ2n) is 13.8. The number of ether oxygens (including phenoxy) is 2. The summed E-state index contributed by atoms with van der Waals surface area (Å²) in [6, 6.07) is 22.4. The Bertz CT molecular complexity index is 2460. The summed E-state index contributed by atoms with van der Waals surface area (Å²) >= 11 is 6.98. The maximum atomic E-state index is 13.4. The number of aromatic nitrogens is 4. The molecule has 0 spiro atoms. The van der Waals surface area contributed by atoms with Gasteiger partial charge in [-0.3, -0.25) is 9.48 Å². The fourth-order valence-corrected chi connectivity index (χ4v) is 6.54. The Morgan fingerprint density at radius 1 is 1.04 bits per heavy atom. The number of pyridine rings is 1. The summed E-state index contributed by atoms with van der Waals surface area (Å²) in [5, 5.41) is 21.1. The molecule has 0 saturated heterocycles. The summed E-state index contributed by atoms with van der Waals surface area (Å²) in [7, 11) is 1.56. The van der Waals surface area contributed by atoms with E-state index in [0.717, 1.165) is 33.6 Å². The van der Waals surface area contributed by atoms with Gasteiger partial charge in [0.25, 0.3) is 5.91 Å². The summed E-state index contributed by atoms with van der Waals surface area (Å²) in [4.78, 5) is 36.6. The zero-order chi connectivity index (χ0) is 38.1. The van der Waals surface area contributed by atoms with Gasteiger partial charge < -0.3 is 29.4 Å². The quantitative estimate of drug-likeness (QED) is 0.155. The van der Waals surface area contributed by atoms with Crippen molar-refractivity contribution in [2.45, 2.75) is 52.9 Å². The summed E-state index contributed by atoms with van der Waals surface area (Å²) in [5.74, 6) is 0.424. The number of nitriles is 1. The number of nitrogens with zero attached hydrogens (tertiary/aromatic N) is 6. The number of rotatable bonds is 8. The smallest absolute Gasteiger partial charge is 0.410 e. The van der Waals surface area contributed by atoms with Crippen LogP contribution >= 0.6 is 11.6 Å². The molecular weight excluding hydrogens is 708 g/mol. The van der Waals surface area contributed by atoms with E-state index in [1.54, 1.807) is 47.2 Å². The highest BCUT2D eigenvalue weighted by Crippen LogP contribution is 2.39. The van der Waals surface area contributed by atoms with Crippen LogP contribution in [0.5, 0.6) is 5.88 Å². The molecule has 0 unspecified atom stereocenters. The van der Waals surface area contributed by atoms with Gasteiger partial charge >= 0.3 is 6.09 Å². The van der Waals surface area contributed by atoms with Crippen molar-refractivity contribution in [2.75, 3.05) is 24.3 Å². The minimum atomic E-state index is -0.611. The van der Waals surface area contributed by atoms with E-state index in [2.05, 4.69) is 26.8 Å². The number of fused-ring (bicyclic) bond motifs is 2. The van der Waals surface area contributed by atoms with Gasteiger partial charge in [0.1, 0.15) is 17.2 Å². The van der Waals surface area contributed by atoms with Crippen molar-refractivity contribution in [3.05, 3.63) is 106 Å². The molecule has 0 atom stereocenters. The third-order valence-corrected chi connectivity index (χ3v) is 9.30. The van der Waals surface area contributed by atoms with Gasteiger partial charge in [-0.1, -0.05) is 35.9 Å². The van der Waals surface area contributed by atoms with Crippen molar-refractivity contribution < 1.29 is 23.5 Å². The molecule has 274 valence electrons. The van der Waals surface area contributed by atoms with E-state index in [-0.39, 0.29) is 12.2 Å². The van der Waals surface area contributed by atoms with Gasteiger partial charge in [-0.25, -0.2) is 14.8 Å². The van der Waals surface area contributed by atoms with Crippen molar-refractivity contribution in [3.63, 3.8) is 0 Å². The molecule has 6 aromatic rings. The average Bonchev–Trinajstić information content (AvgIpc) is 3.79. The predicted octanol–water partition coefficient (Wildman–Crippen LogP) is 8.21. The monoisotopic (exact) mass is 744 g/mol. The van der Waals surface area contributed by atoms with E-state index >= 15 is 0 Å². The molecule has 0 radical (unpaired) electrons. The van der Waals surface area contributed by atoms with Gasteiger partial charge in [0.2, 0.25) is 11.8 Å². The van der Waals surface area contributed by atoms with Crippen molar-refractivity contribution in [1.29, 1.82) is 5.26 Å². The van der Waals surface area contributed by atoms with Crippen LogP contribution in [0.1, 0.15) is 53.6 Å². The lowest BCUT2D eigenvalue weighted by Gasteiger charge is -2.30. The lowest BCUT2D eigenvalue weighted by molar-refractivity contribution is 0.0194. The lowest BCUT2D eigenvalue weighted by Crippen LogP contribution is -2.41. The van der Waals surface area contributed by atoms with Crippen LogP contribution in [-0.4, -0.2) is 55.9 Å². The molecular formula is C40H37ClN8O5. The second-order valence-corrected chi connectivity index (χ2v) is 14.2.